The van der Waals surface area contributed by atoms with Crippen molar-refractivity contribution in [1.82, 2.24) is 10.2 Å². The summed E-state index contributed by atoms with van der Waals surface area (Å²) in [5.41, 5.74) is 1.75. The molecule has 0 spiro atoms. The van der Waals surface area contributed by atoms with E-state index in [0.717, 1.165) is 37.7 Å². The molecule has 1 aliphatic heterocycles. The van der Waals surface area contributed by atoms with Crippen LogP contribution in [0.4, 0.5) is 10.1 Å². The molecule has 7 heteroatoms. The van der Waals surface area contributed by atoms with E-state index in [-0.39, 0.29) is 24.1 Å². The van der Waals surface area contributed by atoms with Crippen molar-refractivity contribution < 1.29 is 14.0 Å². The number of benzene rings is 2. The maximum absolute atomic E-state index is 13.3. The minimum absolute atomic E-state index is 0.0745. The molecular weight excluding hydrogens is 437 g/mol. The quantitative estimate of drug-likeness (QED) is 0.419. The summed E-state index contributed by atoms with van der Waals surface area (Å²) in [6, 6.07) is 15.9. The maximum atomic E-state index is 13.3. The fraction of sp³-hybridized carbons (Fsp3) is 0.423. The number of unbranched alkanes of at least 4 members (excludes halogenated alkanes) is 4. The summed E-state index contributed by atoms with van der Waals surface area (Å²) in [6.07, 6.45) is 6.31. The third-order valence-electron chi connectivity index (χ3n) is 5.51. The summed E-state index contributed by atoms with van der Waals surface area (Å²) >= 11 is 1.32. The van der Waals surface area contributed by atoms with Gasteiger partial charge in [0.2, 0.25) is 11.8 Å². The lowest BCUT2D eigenvalue weighted by Crippen LogP contribution is -2.35. The number of halogens is 1. The van der Waals surface area contributed by atoms with Crippen molar-refractivity contribution in [3.8, 4) is 0 Å². The molecule has 2 amide bonds. The molecule has 1 fully saturated rings. The Kier molecular flexibility index (Phi) is 9.94. The highest BCUT2D eigenvalue weighted by Gasteiger charge is 2.38. The SMILES string of the molecule is CCCCCCCN1C(=O)C(CC(=O)NCCc2ccccc2)SC1=Nc1ccc(F)cc1. The third kappa shape index (κ3) is 8.00. The molecule has 1 saturated heterocycles. The first-order valence-corrected chi connectivity index (χ1v) is 12.6. The molecule has 2 aromatic rings. The molecule has 5 nitrogen and oxygen atoms in total. The lowest BCUT2D eigenvalue weighted by molar-refractivity contribution is -0.129. The predicted molar refractivity (Wildman–Crippen MR) is 133 cm³/mol. The molecule has 0 saturated carbocycles. The molecule has 33 heavy (non-hydrogen) atoms. The fourth-order valence-electron chi connectivity index (χ4n) is 3.66. The monoisotopic (exact) mass is 469 g/mol. The molecule has 3 rings (SSSR count). The molecule has 2 aromatic carbocycles. The first-order valence-electron chi connectivity index (χ1n) is 11.7. The van der Waals surface area contributed by atoms with Crippen molar-refractivity contribution in [2.45, 2.75) is 57.1 Å². The van der Waals surface area contributed by atoms with Gasteiger partial charge in [0.15, 0.2) is 5.17 Å². The largest absolute Gasteiger partial charge is 0.356 e. The number of hydrogen-bond donors (Lipinski definition) is 1. The lowest BCUT2D eigenvalue weighted by Gasteiger charge is -2.16. The Morgan fingerprint density at radius 1 is 1.06 bits per heavy atom. The van der Waals surface area contributed by atoms with Gasteiger partial charge < -0.3 is 5.32 Å². The number of aliphatic imine (C=N–C) groups is 1. The Morgan fingerprint density at radius 2 is 1.79 bits per heavy atom. The maximum Gasteiger partial charge on any atom is 0.242 e. The molecule has 0 aromatic heterocycles. The second-order valence-electron chi connectivity index (χ2n) is 8.17. The van der Waals surface area contributed by atoms with Gasteiger partial charge in [-0.3, -0.25) is 14.5 Å². The Hall–Kier alpha value is -2.67. The highest BCUT2D eigenvalue weighted by atomic mass is 32.2. The predicted octanol–water partition coefficient (Wildman–Crippen LogP) is 5.48. The lowest BCUT2D eigenvalue weighted by atomic mass is 10.1. The van der Waals surface area contributed by atoms with E-state index in [1.807, 2.05) is 30.3 Å². The number of hydrogen-bond acceptors (Lipinski definition) is 4. The number of nitrogens with zero attached hydrogens (tertiary/aromatic N) is 2. The highest BCUT2D eigenvalue weighted by Crippen LogP contribution is 2.32. The van der Waals surface area contributed by atoms with Gasteiger partial charge in [-0.1, -0.05) is 74.7 Å². The molecule has 1 unspecified atom stereocenters. The van der Waals surface area contributed by atoms with E-state index in [1.54, 1.807) is 17.0 Å². The van der Waals surface area contributed by atoms with Gasteiger partial charge in [-0.15, -0.1) is 0 Å². The van der Waals surface area contributed by atoms with Gasteiger partial charge in [0, 0.05) is 19.5 Å². The van der Waals surface area contributed by atoms with E-state index in [9.17, 15) is 14.0 Å². The highest BCUT2D eigenvalue weighted by molar-refractivity contribution is 8.15. The molecule has 176 valence electrons. The molecule has 1 aliphatic rings. The van der Waals surface area contributed by atoms with E-state index in [4.69, 9.17) is 0 Å². The van der Waals surface area contributed by atoms with E-state index in [1.165, 1.54) is 30.3 Å². The second-order valence-corrected chi connectivity index (χ2v) is 9.34. The number of amides is 2. The van der Waals surface area contributed by atoms with Gasteiger partial charge in [-0.25, -0.2) is 9.38 Å². The summed E-state index contributed by atoms with van der Waals surface area (Å²) < 4.78 is 13.3. The van der Waals surface area contributed by atoms with Crippen molar-refractivity contribution in [3.05, 3.63) is 66.0 Å². The summed E-state index contributed by atoms with van der Waals surface area (Å²) in [6.45, 7) is 3.29. The number of amidine groups is 1. The van der Waals surface area contributed by atoms with Crippen LogP contribution in [0.3, 0.4) is 0 Å². The van der Waals surface area contributed by atoms with Crippen LogP contribution in [0.5, 0.6) is 0 Å². The smallest absolute Gasteiger partial charge is 0.242 e. The van der Waals surface area contributed by atoms with Crippen LogP contribution >= 0.6 is 11.8 Å². The number of rotatable bonds is 12. The van der Waals surface area contributed by atoms with Crippen LogP contribution in [0.15, 0.2) is 59.6 Å². The zero-order valence-electron chi connectivity index (χ0n) is 19.1. The van der Waals surface area contributed by atoms with Gasteiger partial charge in [0.25, 0.3) is 0 Å². The molecular formula is C26H32FN3O2S. The van der Waals surface area contributed by atoms with Crippen LogP contribution in [-0.4, -0.2) is 40.2 Å². The first kappa shape index (κ1) is 25.0. The topological polar surface area (TPSA) is 61.8 Å². The van der Waals surface area contributed by atoms with Crippen LogP contribution in [0.25, 0.3) is 0 Å². The average molecular weight is 470 g/mol. The summed E-state index contributed by atoms with van der Waals surface area (Å²) in [4.78, 5) is 31.9. The fourth-order valence-corrected chi connectivity index (χ4v) is 4.85. The van der Waals surface area contributed by atoms with E-state index < -0.39 is 5.25 Å². The van der Waals surface area contributed by atoms with Gasteiger partial charge in [-0.2, -0.15) is 0 Å². The molecule has 0 aliphatic carbocycles. The first-order chi connectivity index (χ1) is 16.1. The number of carbonyl (C=O) groups excluding carboxylic acids is 2. The zero-order chi connectivity index (χ0) is 23.5. The van der Waals surface area contributed by atoms with E-state index >= 15 is 0 Å². The molecule has 1 N–H and O–H groups in total. The standard InChI is InChI=1S/C26H32FN3O2S/c1-2-3-4-5-9-18-30-25(32)23(33-26(30)29-22-14-12-21(27)13-15-22)19-24(31)28-17-16-20-10-7-6-8-11-20/h6-8,10-15,23H,2-5,9,16-19H2,1H3,(H,28,31). The Labute approximate surface area is 199 Å². The molecule has 0 radical (unpaired) electrons. The van der Waals surface area contributed by atoms with Crippen LogP contribution in [0.1, 0.15) is 51.0 Å². The van der Waals surface area contributed by atoms with E-state index in [0.29, 0.717) is 23.9 Å². The third-order valence-corrected chi connectivity index (χ3v) is 6.68. The molecule has 0 bridgehead atoms. The minimum atomic E-state index is -0.489. The van der Waals surface area contributed by atoms with E-state index in [2.05, 4.69) is 17.2 Å². The number of carbonyl (C=O) groups is 2. The normalized spacial score (nSPS) is 17.0. The Morgan fingerprint density at radius 3 is 2.52 bits per heavy atom. The van der Waals surface area contributed by atoms with Gasteiger partial charge >= 0.3 is 0 Å². The van der Waals surface area contributed by atoms with Crippen molar-refractivity contribution in [2.24, 2.45) is 4.99 Å². The Bertz CT molecular complexity index is 934. The van der Waals surface area contributed by atoms with Crippen LogP contribution in [-0.2, 0) is 16.0 Å². The molecule has 1 heterocycles. The van der Waals surface area contributed by atoms with Crippen LogP contribution in [0.2, 0.25) is 0 Å². The summed E-state index contributed by atoms with van der Waals surface area (Å²) in [7, 11) is 0. The average Bonchev–Trinajstić information content (AvgIpc) is 3.10. The van der Waals surface area contributed by atoms with Gasteiger partial charge in [-0.05, 0) is 42.7 Å². The van der Waals surface area contributed by atoms with Crippen molar-refractivity contribution >= 4 is 34.4 Å². The number of thioether (sulfide) groups is 1. The van der Waals surface area contributed by atoms with Crippen molar-refractivity contribution in [2.75, 3.05) is 13.1 Å². The second kappa shape index (κ2) is 13.1. The van der Waals surface area contributed by atoms with Crippen molar-refractivity contribution in [1.29, 1.82) is 0 Å². The number of nitrogens with one attached hydrogen (secondary N) is 1. The summed E-state index contributed by atoms with van der Waals surface area (Å²) in [5, 5.41) is 3.02. The minimum Gasteiger partial charge on any atom is -0.356 e. The van der Waals surface area contributed by atoms with Gasteiger partial charge in [0.05, 0.1) is 5.69 Å². The Balaban J connectivity index is 1.59. The van der Waals surface area contributed by atoms with Crippen LogP contribution < -0.4 is 5.32 Å². The molecule has 1 atom stereocenters. The van der Waals surface area contributed by atoms with Crippen molar-refractivity contribution in [3.63, 3.8) is 0 Å². The van der Waals surface area contributed by atoms with Crippen LogP contribution in [0, 0.1) is 5.82 Å². The van der Waals surface area contributed by atoms with Gasteiger partial charge in [0.1, 0.15) is 11.1 Å². The summed E-state index contributed by atoms with van der Waals surface area (Å²) in [5.74, 6) is -0.538. The zero-order valence-corrected chi connectivity index (χ0v) is 20.0.